The maximum atomic E-state index is 13.2. The number of carbonyl (C=O) groups excluding carboxylic acids is 2. The zero-order chi connectivity index (χ0) is 18.9. The zero-order valence-electron chi connectivity index (χ0n) is 13.6. The molecular formula is C16H17F3N2O4. The molecule has 0 spiro atoms. The summed E-state index contributed by atoms with van der Waals surface area (Å²) < 4.78 is 39.4. The van der Waals surface area contributed by atoms with Crippen LogP contribution < -0.4 is 5.32 Å². The van der Waals surface area contributed by atoms with Gasteiger partial charge in [-0.25, -0.2) is 18.0 Å². The van der Waals surface area contributed by atoms with Crippen LogP contribution in [0.5, 0.6) is 0 Å². The summed E-state index contributed by atoms with van der Waals surface area (Å²) >= 11 is 0. The van der Waals surface area contributed by atoms with Gasteiger partial charge >= 0.3 is 11.9 Å². The Morgan fingerprint density at radius 1 is 1.08 bits per heavy atom. The van der Waals surface area contributed by atoms with Gasteiger partial charge < -0.3 is 15.3 Å². The lowest BCUT2D eigenvalue weighted by Crippen LogP contribution is -2.52. The van der Waals surface area contributed by atoms with E-state index in [0.717, 1.165) is 4.90 Å². The fourth-order valence-corrected chi connectivity index (χ4v) is 3.23. The lowest BCUT2D eigenvalue weighted by Gasteiger charge is -2.39. The number of hydrogen-bond donors (Lipinski definition) is 2. The minimum atomic E-state index is -1.62. The van der Waals surface area contributed by atoms with Crippen molar-refractivity contribution in [1.29, 1.82) is 0 Å². The quantitative estimate of drug-likeness (QED) is 0.624. The molecule has 0 bridgehead atoms. The number of likely N-dealkylation sites (tertiary alicyclic amines) is 1. The van der Waals surface area contributed by atoms with Gasteiger partial charge in [-0.15, -0.1) is 0 Å². The second-order valence-corrected chi connectivity index (χ2v) is 6.24. The molecule has 1 heterocycles. The number of anilines is 1. The Kier molecular flexibility index (Phi) is 5.34. The summed E-state index contributed by atoms with van der Waals surface area (Å²) in [5.74, 6) is -8.96. The SMILES string of the molecule is CC1CN(C(=O)C(=O)O)C[C@@H](C)C1C(=O)Nc1cc(F)c(F)c(F)c1. The Hall–Kier alpha value is -2.58. The summed E-state index contributed by atoms with van der Waals surface area (Å²) in [6.45, 7) is 3.49. The molecule has 6 nitrogen and oxygen atoms in total. The van der Waals surface area contributed by atoms with Crippen LogP contribution in [0.1, 0.15) is 13.8 Å². The first-order valence-corrected chi connectivity index (χ1v) is 7.59. The van der Waals surface area contributed by atoms with Gasteiger partial charge in [0.05, 0.1) is 0 Å². The zero-order valence-corrected chi connectivity index (χ0v) is 13.6. The van der Waals surface area contributed by atoms with Crippen molar-refractivity contribution in [1.82, 2.24) is 4.90 Å². The number of rotatable bonds is 2. The fourth-order valence-electron chi connectivity index (χ4n) is 3.23. The standard InChI is InChI=1S/C16H17F3N2O4/c1-7-5-21(15(23)16(24)25)6-8(2)12(7)14(22)20-9-3-10(17)13(19)11(18)4-9/h3-4,7-8,12H,5-6H2,1-2H3,(H,20,22)(H,24,25)/t7-,8?,12?/m1/s1. The molecule has 0 saturated carbocycles. The van der Waals surface area contributed by atoms with E-state index in [1.54, 1.807) is 13.8 Å². The van der Waals surface area contributed by atoms with E-state index < -0.39 is 41.2 Å². The normalized spacial score (nSPS) is 23.2. The van der Waals surface area contributed by atoms with E-state index in [-0.39, 0.29) is 30.6 Å². The van der Waals surface area contributed by atoms with Crippen LogP contribution in [0.3, 0.4) is 0 Å². The molecule has 25 heavy (non-hydrogen) atoms. The van der Waals surface area contributed by atoms with Crippen LogP contribution >= 0.6 is 0 Å². The molecule has 1 aliphatic heterocycles. The number of halogens is 3. The Labute approximate surface area is 141 Å². The maximum absolute atomic E-state index is 13.2. The first kappa shape index (κ1) is 18.8. The van der Waals surface area contributed by atoms with Crippen LogP contribution in [-0.4, -0.2) is 40.9 Å². The predicted octanol–water partition coefficient (Wildman–Crippen LogP) is 1.86. The average Bonchev–Trinajstić information content (AvgIpc) is 2.50. The van der Waals surface area contributed by atoms with Crippen molar-refractivity contribution < 1.29 is 32.7 Å². The van der Waals surface area contributed by atoms with E-state index >= 15 is 0 Å². The van der Waals surface area contributed by atoms with Crippen molar-refractivity contribution in [2.45, 2.75) is 13.8 Å². The third-order valence-electron chi connectivity index (χ3n) is 4.27. The Morgan fingerprint density at radius 3 is 2.00 bits per heavy atom. The molecule has 1 aromatic carbocycles. The molecule has 0 aromatic heterocycles. The van der Waals surface area contributed by atoms with Gasteiger partial charge in [-0.2, -0.15) is 0 Å². The van der Waals surface area contributed by atoms with Gasteiger partial charge in [-0.05, 0) is 11.8 Å². The average molecular weight is 358 g/mol. The van der Waals surface area contributed by atoms with E-state index in [1.165, 1.54) is 0 Å². The van der Waals surface area contributed by atoms with Crippen molar-refractivity contribution in [3.63, 3.8) is 0 Å². The van der Waals surface area contributed by atoms with Crippen LogP contribution in [0.25, 0.3) is 0 Å². The number of hydrogen-bond acceptors (Lipinski definition) is 3. The molecule has 1 fully saturated rings. The van der Waals surface area contributed by atoms with Gasteiger partial charge in [-0.3, -0.25) is 9.59 Å². The Balaban J connectivity index is 2.12. The highest BCUT2D eigenvalue weighted by atomic mass is 19.2. The lowest BCUT2D eigenvalue weighted by atomic mass is 9.78. The van der Waals surface area contributed by atoms with Crippen LogP contribution in [0.2, 0.25) is 0 Å². The fraction of sp³-hybridized carbons (Fsp3) is 0.438. The third kappa shape index (κ3) is 3.92. The van der Waals surface area contributed by atoms with Crippen LogP contribution in [0.15, 0.2) is 12.1 Å². The highest BCUT2D eigenvalue weighted by Gasteiger charge is 2.39. The van der Waals surface area contributed by atoms with Crippen LogP contribution in [-0.2, 0) is 14.4 Å². The minimum Gasteiger partial charge on any atom is -0.474 e. The van der Waals surface area contributed by atoms with E-state index in [4.69, 9.17) is 5.11 Å². The van der Waals surface area contributed by atoms with E-state index in [0.29, 0.717) is 12.1 Å². The van der Waals surface area contributed by atoms with Crippen molar-refractivity contribution >= 4 is 23.5 Å². The second kappa shape index (κ2) is 7.12. The lowest BCUT2D eigenvalue weighted by molar-refractivity contribution is -0.158. The number of amides is 2. The molecule has 2 amide bonds. The summed E-state index contributed by atoms with van der Waals surface area (Å²) in [6, 6.07) is 1.35. The van der Waals surface area contributed by atoms with Crippen molar-refractivity contribution in [3.8, 4) is 0 Å². The molecule has 3 atom stereocenters. The monoisotopic (exact) mass is 358 g/mol. The molecule has 0 aliphatic carbocycles. The van der Waals surface area contributed by atoms with Crippen molar-refractivity contribution in [2.75, 3.05) is 18.4 Å². The number of carbonyl (C=O) groups is 3. The molecule has 0 radical (unpaired) electrons. The number of benzene rings is 1. The third-order valence-corrected chi connectivity index (χ3v) is 4.27. The molecule has 1 aliphatic rings. The number of carboxylic acids is 1. The maximum Gasteiger partial charge on any atom is 0.394 e. The number of nitrogens with zero attached hydrogens (tertiary/aromatic N) is 1. The van der Waals surface area contributed by atoms with Gasteiger partial charge in [-0.1, -0.05) is 13.8 Å². The molecule has 1 aromatic rings. The van der Waals surface area contributed by atoms with E-state index in [9.17, 15) is 27.6 Å². The molecule has 9 heteroatoms. The summed E-state index contributed by atoms with van der Waals surface area (Å²) in [7, 11) is 0. The van der Waals surface area contributed by atoms with Gasteiger partial charge in [0.1, 0.15) is 0 Å². The van der Waals surface area contributed by atoms with Gasteiger partial charge in [0.15, 0.2) is 17.5 Å². The number of aliphatic carboxylic acids is 1. The first-order valence-electron chi connectivity index (χ1n) is 7.59. The van der Waals surface area contributed by atoms with Crippen LogP contribution in [0, 0.1) is 35.2 Å². The Bertz CT molecular complexity index is 690. The van der Waals surface area contributed by atoms with E-state index in [2.05, 4.69) is 5.32 Å². The number of nitrogens with one attached hydrogen (secondary N) is 1. The summed E-state index contributed by atoms with van der Waals surface area (Å²) in [5.41, 5.74) is -0.218. The van der Waals surface area contributed by atoms with Crippen molar-refractivity contribution in [2.24, 2.45) is 17.8 Å². The first-order chi connectivity index (χ1) is 11.6. The van der Waals surface area contributed by atoms with Crippen LogP contribution in [0.4, 0.5) is 18.9 Å². The smallest absolute Gasteiger partial charge is 0.394 e. The summed E-state index contributed by atoms with van der Waals surface area (Å²) in [4.78, 5) is 35.9. The molecule has 1 saturated heterocycles. The number of piperidine rings is 1. The highest BCUT2D eigenvalue weighted by molar-refractivity contribution is 6.31. The molecule has 2 unspecified atom stereocenters. The largest absolute Gasteiger partial charge is 0.474 e. The molecule has 136 valence electrons. The Morgan fingerprint density at radius 2 is 1.56 bits per heavy atom. The summed E-state index contributed by atoms with van der Waals surface area (Å²) in [5, 5.41) is 11.1. The van der Waals surface area contributed by atoms with Gasteiger partial charge in [0.25, 0.3) is 0 Å². The summed E-state index contributed by atoms with van der Waals surface area (Å²) in [6.07, 6.45) is 0. The van der Waals surface area contributed by atoms with E-state index in [1.807, 2.05) is 0 Å². The van der Waals surface area contributed by atoms with Crippen molar-refractivity contribution in [3.05, 3.63) is 29.6 Å². The molecular weight excluding hydrogens is 341 g/mol. The molecule has 2 rings (SSSR count). The second-order valence-electron chi connectivity index (χ2n) is 6.24. The highest BCUT2D eigenvalue weighted by Crippen LogP contribution is 2.30. The predicted molar refractivity (Wildman–Crippen MR) is 81.0 cm³/mol. The number of carboxylic acid groups (broad SMARTS) is 1. The molecule has 2 N–H and O–H groups in total. The minimum absolute atomic E-state index is 0.0691. The van der Waals surface area contributed by atoms with Gasteiger partial charge in [0.2, 0.25) is 5.91 Å². The topological polar surface area (TPSA) is 86.7 Å². The van der Waals surface area contributed by atoms with Gasteiger partial charge in [0, 0.05) is 36.8 Å².